The fraction of sp³-hybridized carbons (Fsp3) is 0.308. The van der Waals surface area contributed by atoms with Gasteiger partial charge < -0.3 is 5.73 Å². The summed E-state index contributed by atoms with van der Waals surface area (Å²) in [6.07, 6.45) is 0. The zero-order valence-electron chi connectivity index (χ0n) is 9.76. The van der Waals surface area contributed by atoms with Crippen molar-refractivity contribution in [3.8, 4) is 11.3 Å². The first-order valence-electron chi connectivity index (χ1n) is 5.71. The fourth-order valence-corrected chi connectivity index (χ4v) is 2.83. The molecule has 3 nitrogen and oxygen atoms in total. The molecule has 2 N–H and O–H groups in total. The van der Waals surface area contributed by atoms with Gasteiger partial charge in [-0.2, -0.15) is 16.9 Å². The lowest BCUT2D eigenvalue weighted by Gasteiger charge is -2.25. The van der Waals surface area contributed by atoms with E-state index in [1.807, 2.05) is 24.9 Å². The van der Waals surface area contributed by atoms with Crippen LogP contribution in [-0.2, 0) is 7.05 Å². The number of nitrogen functional groups attached to an aromatic ring is 1. The number of aryl methyl sites for hydroxylation is 1. The van der Waals surface area contributed by atoms with Crippen molar-refractivity contribution < 1.29 is 0 Å². The monoisotopic (exact) mass is 245 g/mol. The van der Waals surface area contributed by atoms with Gasteiger partial charge in [0.2, 0.25) is 0 Å². The van der Waals surface area contributed by atoms with Gasteiger partial charge in [0.1, 0.15) is 5.82 Å². The summed E-state index contributed by atoms with van der Waals surface area (Å²) in [5.41, 5.74) is 9.30. The Bertz CT molecular complexity index is 507. The third-order valence-corrected chi connectivity index (χ3v) is 4.51. The SMILES string of the molecule is Cn1nc(-c2ccc(C3CSC3)cc2)cc1N. The number of nitrogens with zero attached hydrogens (tertiary/aromatic N) is 2. The van der Waals surface area contributed by atoms with Gasteiger partial charge in [-0.05, 0) is 5.56 Å². The molecule has 0 radical (unpaired) electrons. The van der Waals surface area contributed by atoms with Gasteiger partial charge in [0, 0.05) is 36.1 Å². The molecule has 1 aromatic carbocycles. The first-order chi connectivity index (χ1) is 8.24. The molecule has 0 spiro atoms. The van der Waals surface area contributed by atoms with Crippen molar-refractivity contribution in [2.45, 2.75) is 5.92 Å². The Morgan fingerprint density at radius 3 is 2.47 bits per heavy atom. The summed E-state index contributed by atoms with van der Waals surface area (Å²) in [5.74, 6) is 3.97. The first kappa shape index (κ1) is 10.7. The predicted octanol–water partition coefficient (Wildman–Crippen LogP) is 2.50. The normalized spacial score (nSPS) is 15.8. The van der Waals surface area contributed by atoms with Crippen LogP contribution in [0.15, 0.2) is 30.3 Å². The highest BCUT2D eigenvalue weighted by Gasteiger charge is 2.19. The summed E-state index contributed by atoms with van der Waals surface area (Å²) in [6.45, 7) is 0. The first-order valence-corrected chi connectivity index (χ1v) is 6.87. The van der Waals surface area contributed by atoms with Gasteiger partial charge in [-0.15, -0.1) is 0 Å². The third-order valence-electron chi connectivity index (χ3n) is 3.23. The maximum Gasteiger partial charge on any atom is 0.121 e. The molecule has 88 valence electrons. The Kier molecular flexibility index (Phi) is 2.59. The van der Waals surface area contributed by atoms with Gasteiger partial charge in [0.05, 0.1) is 5.69 Å². The summed E-state index contributed by atoms with van der Waals surface area (Å²) in [4.78, 5) is 0. The zero-order chi connectivity index (χ0) is 11.8. The second kappa shape index (κ2) is 4.11. The van der Waals surface area contributed by atoms with E-state index in [1.165, 1.54) is 17.1 Å². The van der Waals surface area contributed by atoms with E-state index in [0.29, 0.717) is 5.82 Å². The average molecular weight is 245 g/mol. The molecule has 2 heterocycles. The molecule has 0 amide bonds. The fourth-order valence-electron chi connectivity index (χ4n) is 1.98. The zero-order valence-corrected chi connectivity index (χ0v) is 10.6. The molecule has 1 aliphatic rings. The molecule has 3 rings (SSSR count). The van der Waals surface area contributed by atoms with Crippen molar-refractivity contribution >= 4 is 17.6 Å². The van der Waals surface area contributed by atoms with Crippen LogP contribution in [0.4, 0.5) is 5.82 Å². The molecule has 0 aliphatic carbocycles. The molecule has 17 heavy (non-hydrogen) atoms. The minimum Gasteiger partial charge on any atom is -0.384 e. The number of nitrogens with two attached hydrogens (primary N) is 1. The van der Waals surface area contributed by atoms with Crippen LogP contribution in [0.2, 0.25) is 0 Å². The van der Waals surface area contributed by atoms with Gasteiger partial charge in [-0.25, -0.2) is 0 Å². The van der Waals surface area contributed by atoms with Crippen molar-refractivity contribution in [1.82, 2.24) is 9.78 Å². The highest BCUT2D eigenvalue weighted by molar-refractivity contribution is 8.00. The molecule has 0 atom stereocenters. The van der Waals surface area contributed by atoms with Crippen LogP contribution in [0.25, 0.3) is 11.3 Å². The minimum atomic E-state index is 0.694. The number of hydrogen-bond acceptors (Lipinski definition) is 3. The largest absolute Gasteiger partial charge is 0.384 e. The highest BCUT2D eigenvalue weighted by Crippen LogP contribution is 2.34. The van der Waals surface area contributed by atoms with Crippen LogP contribution in [0.3, 0.4) is 0 Å². The molecular weight excluding hydrogens is 230 g/mol. The van der Waals surface area contributed by atoms with Crippen molar-refractivity contribution in [2.75, 3.05) is 17.2 Å². The molecule has 1 saturated heterocycles. The van der Waals surface area contributed by atoms with Gasteiger partial charge >= 0.3 is 0 Å². The lowest BCUT2D eigenvalue weighted by Crippen LogP contribution is -2.15. The van der Waals surface area contributed by atoms with Crippen molar-refractivity contribution in [1.29, 1.82) is 0 Å². The lowest BCUT2D eigenvalue weighted by atomic mass is 10.00. The number of thioether (sulfide) groups is 1. The van der Waals surface area contributed by atoms with Crippen molar-refractivity contribution in [3.05, 3.63) is 35.9 Å². The summed E-state index contributed by atoms with van der Waals surface area (Å²) in [5, 5.41) is 4.38. The molecular formula is C13H15N3S. The molecule has 1 aromatic heterocycles. The van der Waals surface area contributed by atoms with Crippen LogP contribution in [0, 0.1) is 0 Å². The molecule has 0 bridgehead atoms. The summed E-state index contributed by atoms with van der Waals surface area (Å²) in [6, 6.07) is 10.6. The predicted molar refractivity (Wildman–Crippen MR) is 73.1 cm³/mol. The van der Waals surface area contributed by atoms with E-state index in [1.54, 1.807) is 4.68 Å². The van der Waals surface area contributed by atoms with Crippen LogP contribution in [-0.4, -0.2) is 21.3 Å². The van der Waals surface area contributed by atoms with E-state index in [0.717, 1.165) is 17.2 Å². The maximum atomic E-state index is 5.78. The topological polar surface area (TPSA) is 43.8 Å². The van der Waals surface area contributed by atoms with Gasteiger partial charge in [-0.3, -0.25) is 4.68 Å². The molecule has 0 unspecified atom stereocenters. The van der Waals surface area contributed by atoms with E-state index >= 15 is 0 Å². The van der Waals surface area contributed by atoms with E-state index < -0.39 is 0 Å². The van der Waals surface area contributed by atoms with Crippen molar-refractivity contribution in [2.24, 2.45) is 7.05 Å². The van der Waals surface area contributed by atoms with E-state index in [-0.39, 0.29) is 0 Å². The number of anilines is 1. The Morgan fingerprint density at radius 1 is 1.29 bits per heavy atom. The molecule has 4 heteroatoms. The van der Waals surface area contributed by atoms with Crippen LogP contribution < -0.4 is 5.73 Å². The lowest BCUT2D eigenvalue weighted by molar-refractivity contribution is 0.782. The second-order valence-corrected chi connectivity index (χ2v) is 5.51. The molecule has 1 aliphatic heterocycles. The third kappa shape index (κ3) is 1.93. The van der Waals surface area contributed by atoms with E-state index in [4.69, 9.17) is 5.73 Å². The Balaban J connectivity index is 1.88. The van der Waals surface area contributed by atoms with Crippen LogP contribution in [0.5, 0.6) is 0 Å². The quantitative estimate of drug-likeness (QED) is 0.884. The Morgan fingerprint density at radius 2 is 2.00 bits per heavy atom. The smallest absolute Gasteiger partial charge is 0.121 e. The van der Waals surface area contributed by atoms with E-state index in [9.17, 15) is 0 Å². The number of benzene rings is 1. The molecule has 1 fully saturated rings. The Hall–Kier alpha value is -1.42. The van der Waals surface area contributed by atoms with E-state index in [2.05, 4.69) is 29.4 Å². The van der Waals surface area contributed by atoms with Gasteiger partial charge in [-0.1, -0.05) is 24.3 Å². The average Bonchev–Trinajstić information content (AvgIpc) is 2.58. The van der Waals surface area contributed by atoms with Crippen LogP contribution >= 0.6 is 11.8 Å². The summed E-state index contributed by atoms with van der Waals surface area (Å²) >= 11 is 2.01. The second-order valence-electron chi connectivity index (χ2n) is 4.43. The van der Waals surface area contributed by atoms with Gasteiger partial charge in [0.25, 0.3) is 0 Å². The Labute approximate surface area is 105 Å². The van der Waals surface area contributed by atoms with Crippen molar-refractivity contribution in [3.63, 3.8) is 0 Å². The number of aromatic nitrogens is 2. The summed E-state index contributed by atoms with van der Waals surface area (Å²) < 4.78 is 1.70. The highest BCUT2D eigenvalue weighted by atomic mass is 32.2. The summed E-state index contributed by atoms with van der Waals surface area (Å²) in [7, 11) is 1.86. The number of rotatable bonds is 2. The maximum absolute atomic E-state index is 5.78. The number of hydrogen-bond donors (Lipinski definition) is 1. The molecule has 2 aromatic rings. The molecule has 0 saturated carbocycles. The standard InChI is InChI=1S/C13H15N3S/c1-16-13(14)6-12(15-16)10-4-2-9(3-5-10)11-7-17-8-11/h2-6,11H,7-8,14H2,1H3. The van der Waals surface area contributed by atoms with Crippen LogP contribution in [0.1, 0.15) is 11.5 Å². The van der Waals surface area contributed by atoms with Gasteiger partial charge in [0.15, 0.2) is 0 Å². The minimum absolute atomic E-state index is 0.694.